The number of thiol groups is 2. The molecule has 0 radical (unpaired) electrons. The Morgan fingerprint density at radius 1 is 1.28 bits per heavy atom. The highest BCUT2D eigenvalue weighted by atomic mass is 32.1. The maximum atomic E-state index is 11.1. The maximum absolute atomic E-state index is 11.1. The molecule has 7 heteroatoms. The highest BCUT2D eigenvalue weighted by Gasteiger charge is 2.10. The summed E-state index contributed by atoms with van der Waals surface area (Å²) in [5.74, 6) is 0. The minimum absolute atomic E-state index is 0.307. The smallest absolute Gasteiger partial charge is 0.283 e. The number of benzene rings is 1. The summed E-state index contributed by atoms with van der Waals surface area (Å²) in [5.41, 5.74) is 5.10. The monoisotopic (exact) mass is 283 g/mol. The summed E-state index contributed by atoms with van der Waals surface area (Å²) >= 11 is 6.86. The number of nitrogens with zero attached hydrogens (tertiary/aromatic N) is 2. The van der Waals surface area contributed by atoms with E-state index in [9.17, 15) is 4.79 Å². The van der Waals surface area contributed by atoms with E-state index in [-0.39, 0.29) is 5.24 Å². The fraction of sp³-hybridized carbons (Fsp3) is 0.182. The van der Waals surface area contributed by atoms with Crippen molar-refractivity contribution in [3.8, 4) is 6.07 Å². The molecule has 0 fully saturated rings. The largest absolute Gasteiger partial charge is 0.361 e. The molecule has 1 aromatic rings. The van der Waals surface area contributed by atoms with Crippen molar-refractivity contribution >= 4 is 41.4 Å². The van der Waals surface area contributed by atoms with Crippen molar-refractivity contribution < 1.29 is 9.59 Å². The molecule has 0 aliphatic rings. The van der Waals surface area contributed by atoms with Crippen molar-refractivity contribution in [2.24, 2.45) is 5.73 Å². The van der Waals surface area contributed by atoms with Gasteiger partial charge in [0.25, 0.3) is 10.5 Å². The number of para-hydroxylation sites is 1. The Hall–Kier alpha value is -1.65. The molecule has 0 aromatic heterocycles. The van der Waals surface area contributed by atoms with Gasteiger partial charge >= 0.3 is 0 Å². The third-order valence-electron chi connectivity index (χ3n) is 1.75. The molecule has 2 amide bonds. The van der Waals surface area contributed by atoms with Gasteiger partial charge < -0.3 is 10.6 Å². The second-order valence-electron chi connectivity index (χ2n) is 3.02. The molecular formula is C11H13N3O2S2. The summed E-state index contributed by atoms with van der Waals surface area (Å²) in [6.45, 7) is 0.378. The Morgan fingerprint density at radius 3 is 2.17 bits per heavy atom. The fourth-order valence-electron chi connectivity index (χ4n) is 1.10. The Kier molecular flexibility index (Phi) is 8.53. The molecule has 18 heavy (non-hydrogen) atoms. The Bertz CT molecular complexity index is 428. The van der Waals surface area contributed by atoms with Crippen LogP contribution >= 0.6 is 25.3 Å². The van der Waals surface area contributed by atoms with Crippen LogP contribution in [0.4, 0.5) is 15.3 Å². The standard InChI is InChI=1S/C10H10N2OS.CH3NOS/c11-7-4-8-12(10(13)14)9-5-2-1-3-6-9;2-1(3)4/h1-3,5-6H,4,8H2,(H,13,14);(H3,2,3,4). The average molecular weight is 283 g/mol. The van der Waals surface area contributed by atoms with Crippen LogP contribution in [0.1, 0.15) is 6.42 Å². The Balaban J connectivity index is 0.000000631. The third-order valence-corrected chi connectivity index (χ3v) is 1.99. The molecule has 0 bridgehead atoms. The van der Waals surface area contributed by atoms with Crippen LogP contribution in [0.2, 0.25) is 0 Å². The molecule has 1 rings (SSSR count). The summed E-state index contributed by atoms with van der Waals surface area (Å²) in [6, 6.07) is 11.2. The molecule has 96 valence electrons. The number of carbonyl (C=O) groups excluding carboxylic acids is 2. The van der Waals surface area contributed by atoms with Gasteiger partial charge in [0, 0.05) is 12.2 Å². The van der Waals surface area contributed by atoms with Crippen LogP contribution in [0.5, 0.6) is 0 Å². The summed E-state index contributed by atoms with van der Waals surface area (Å²) in [4.78, 5) is 21.7. The Morgan fingerprint density at radius 2 is 1.78 bits per heavy atom. The quantitative estimate of drug-likeness (QED) is 0.745. The number of rotatable bonds is 3. The van der Waals surface area contributed by atoms with Crippen molar-refractivity contribution in [2.75, 3.05) is 11.4 Å². The molecule has 0 aliphatic heterocycles. The topological polar surface area (TPSA) is 87.2 Å². The van der Waals surface area contributed by atoms with Crippen LogP contribution in [0, 0.1) is 11.3 Å². The van der Waals surface area contributed by atoms with Gasteiger partial charge in [-0.3, -0.25) is 9.59 Å². The first-order chi connectivity index (χ1) is 8.49. The minimum Gasteiger partial charge on any atom is -0.361 e. The maximum Gasteiger partial charge on any atom is 0.283 e. The van der Waals surface area contributed by atoms with E-state index in [1.807, 2.05) is 36.4 Å². The zero-order valence-corrected chi connectivity index (χ0v) is 11.3. The predicted molar refractivity (Wildman–Crippen MR) is 77.0 cm³/mol. The molecule has 0 unspecified atom stereocenters. The first-order valence-electron chi connectivity index (χ1n) is 4.90. The molecular weight excluding hydrogens is 270 g/mol. The van der Waals surface area contributed by atoms with E-state index in [2.05, 4.69) is 31.0 Å². The Labute approximate surface area is 116 Å². The minimum atomic E-state index is -0.639. The van der Waals surface area contributed by atoms with E-state index >= 15 is 0 Å². The van der Waals surface area contributed by atoms with Crippen molar-refractivity contribution in [3.63, 3.8) is 0 Å². The molecule has 5 nitrogen and oxygen atoms in total. The first kappa shape index (κ1) is 16.4. The summed E-state index contributed by atoms with van der Waals surface area (Å²) in [7, 11) is 0. The van der Waals surface area contributed by atoms with Gasteiger partial charge in [0.2, 0.25) is 0 Å². The number of primary amides is 1. The van der Waals surface area contributed by atoms with Gasteiger partial charge in [-0.2, -0.15) is 5.26 Å². The van der Waals surface area contributed by atoms with E-state index in [1.165, 1.54) is 4.90 Å². The molecule has 0 aliphatic carbocycles. The molecule has 0 atom stereocenters. The number of anilines is 1. The van der Waals surface area contributed by atoms with Crippen LogP contribution in [0.25, 0.3) is 0 Å². The van der Waals surface area contributed by atoms with Crippen molar-refractivity contribution in [1.29, 1.82) is 5.26 Å². The van der Waals surface area contributed by atoms with E-state index < -0.39 is 5.24 Å². The van der Waals surface area contributed by atoms with Gasteiger partial charge in [0.05, 0.1) is 12.5 Å². The number of hydrogen-bond acceptors (Lipinski definition) is 3. The van der Waals surface area contributed by atoms with E-state index in [0.717, 1.165) is 5.69 Å². The van der Waals surface area contributed by atoms with Crippen LogP contribution < -0.4 is 10.6 Å². The van der Waals surface area contributed by atoms with E-state index in [0.29, 0.717) is 13.0 Å². The fourth-order valence-corrected chi connectivity index (χ4v) is 1.32. The van der Waals surface area contributed by atoms with Gasteiger partial charge in [-0.05, 0) is 12.1 Å². The normalized spacial score (nSPS) is 8.50. The number of nitrogens with two attached hydrogens (primary N) is 1. The zero-order chi connectivity index (χ0) is 14.0. The number of nitriles is 1. The second kappa shape index (κ2) is 9.39. The van der Waals surface area contributed by atoms with Crippen molar-refractivity contribution in [1.82, 2.24) is 0 Å². The highest BCUT2D eigenvalue weighted by molar-refractivity contribution is 7.97. The van der Waals surface area contributed by atoms with Crippen molar-refractivity contribution in [3.05, 3.63) is 30.3 Å². The lowest BCUT2D eigenvalue weighted by Gasteiger charge is -2.18. The molecule has 0 saturated heterocycles. The van der Waals surface area contributed by atoms with Crippen LogP contribution in [-0.4, -0.2) is 17.0 Å². The van der Waals surface area contributed by atoms with Gasteiger partial charge in [0.1, 0.15) is 0 Å². The molecule has 0 spiro atoms. The number of amides is 2. The molecule has 1 aromatic carbocycles. The predicted octanol–water partition coefficient (Wildman–Crippen LogP) is 2.45. The van der Waals surface area contributed by atoms with Crippen LogP contribution in [0.15, 0.2) is 30.3 Å². The van der Waals surface area contributed by atoms with Crippen LogP contribution in [-0.2, 0) is 0 Å². The summed E-state index contributed by atoms with van der Waals surface area (Å²) in [5, 5.41) is 7.45. The summed E-state index contributed by atoms with van der Waals surface area (Å²) in [6.07, 6.45) is 0.307. The first-order valence-corrected chi connectivity index (χ1v) is 5.79. The van der Waals surface area contributed by atoms with Gasteiger partial charge in [-0.15, -0.1) is 0 Å². The van der Waals surface area contributed by atoms with E-state index in [1.54, 1.807) is 0 Å². The van der Waals surface area contributed by atoms with E-state index in [4.69, 9.17) is 10.1 Å². The molecule has 0 heterocycles. The highest BCUT2D eigenvalue weighted by Crippen LogP contribution is 2.15. The lowest BCUT2D eigenvalue weighted by molar-refractivity contribution is 0.265. The summed E-state index contributed by atoms with van der Waals surface area (Å²) < 4.78 is 0. The van der Waals surface area contributed by atoms with Gasteiger partial charge in [0.15, 0.2) is 0 Å². The average Bonchev–Trinajstić information content (AvgIpc) is 2.30. The SMILES string of the molecule is N#CCCN(C(=O)S)c1ccccc1.NC(=O)S. The number of carbonyl (C=O) groups is 2. The lowest BCUT2D eigenvalue weighted by atomic mass is 10.3. The number of hydrogen-bond donors (Lipinski definition) is 3. The second-order valence-corrected chi connectivity index (χ2v) is 3.84. The zero-order valence-electron chi connectivity index (χ0n) is 9.48. The van der Waals surface area contributed by atoms with Crippen molar-refractivity contribution in [2.45, 2.75) is 6.42 Å². The van der Waals surface area contributed by atoms with Gasteiger partial charge in [-0.1, -0.05) is 43.5 Å². The van der Waals surface area contributed by atoms with Gasteiger partial charge in [-0.25, -0.2) is 0 Å². The third kappa shape index (κ3) is 7.60. The lowest BCUT2D eigenvalue weighted by Crippen LogP contribution is -2.26. The molecule has 0 saturated carbocycles. The molecule has 2 N–H and O–H groups in total. The van der Waals surface area contributed by atoms with Crippen LogP contribution in [0.3, 0.4) is 0 Å².